The molecule has 0 fully saturated rings. The molecule has 4 aromatic heterocycles. The molecule has 1 aliphatic carbocycles. The molecular weight excluding hydrogens is 619 g/mol. The fourth-order valence-electron chi connectivity index (χ4n) is 9.29. The Bertz CT molecular complexity index is 3290. The van der Waals surface area contributed by atoms with E-state index < -0.39 is 0 Å². The van der Waals surface area contributed by atoms with Crippen molar-refractivity contribution in [3.63, 3.8) is 0 Å². The molecule has 0 unspecified atom stereocenters. The van der Waals surface area contributed by atoms with E-state index in [1.54, 1.807) is 0 Å². The highest BCUT2D eigenvalue weighted by Crippen LogP contribution is 2.48. The van der Waals surface area contributed by atoms with E-state index in [1.807, 2.05) is 0 Å². The lowest BCUT2D eigenvalue weighted by atomic mass is 10.0. The number of allylic oxidation sites excluding steroid dienone is 2. The monoisotopic (exact) mass is 649 g/mol. The molecule has 12 rings (SSSR count). The standard InChI is InChI=1S/C48H31N3/c1-2-16-32(17-3-1)49-41-22-11-7-19-34(41)37-28-33(18-6-10-25-44(37)49)50-42-23-12-8-20-35(42)38-29-39-36-21-9-13-24-43(36)51-45-27-31-15-5-4-14-30(31)26-40(45)46(47(38)50)48(39)51/h1-5,7-17,19-29H,6,18H2/b25-10?,33-28+. The summed E-state index contributed by atoms with van der Waals surface area (Å²) >= 11 is 0. The summed E-state index contributed by atoms with van der Waals surface area (Å²) in [5, 5.41) is 11.7. The van der Waals surface area contributed by atoms with Gasteiger partial charge in [-0.1, -0.05) is 103 Å². The summed E-state index contributed by atoms with van der Waals surface area (Å²) in [6.45, 7) is 0. The second-order valence-corrected chi connectivity index (χ2v) is 14.0. The summed E-state index contributed by atoms with van der Waals surface area (Å²) in [5.74, 6) is 0. The number of aromatic nitrogens is 3. The van der Waals surface area contributed by atoms with Gasteiger partial charge in [-0.15, -0.1) is 0 Å². The normalized spacial score (nSPS) is 14.8. The van der Waals surface area contributed by atoms with Crippen LogP contribution in [0.1, 0.15) is 24.1 Å². The van der Waals surface area contributed by atoms with E-state index in [0.717, 1.165) is 12.8 Å². The zero-order chi connectivity index (χ0) is 33.2. The second-order valence-electron chi connectivity index (χ2n) is 14.0. The highest BCUT2D eigenvalue weighted by molar-refractivity contribution is 6.35. The Morgan fingerprint density at radius 3 is 1.88 bits per heavy atom. The van der Waals surface area contributed by atoms with Crippen molar-refractivity contribution in [2.45, 2.75) is 12.8 Å². The van der Waals surface area contributed by atoms with E-state index in [-0.39, 0.29) is 0 Å². The van der Waals surface area contributed by atoms with Gasteiger partial charge in [-0.3, -0.25) is 0 Å². The molecule has 11 aromatic rings. The van der Waals surface area contributed by atoms with Gasteiger partial charge in [-0.2, -0.15) is 0 Å². The Balaban J connectivity index is 1.28. The molecule has 0 saturated carbocycles. The van der Waals surface area contributed by atoms with Gasteiger partial charge in [0.1, 0.15) is 0 Å². The molecule has 0 radical (unpaired) electrons. The molecule has 4 heterocycles. The number of nitrogens with zero attached hydrogens (tertiary/aromatic N) is 3. The van der Waals surface area contributed by atoms with Crippen LogP contribution in [0.5, 0.6) is 0 Å². The van der Waals surface area contributed by atoms with Gasteiger partial charge in [0.15, 0.2) is 0 Å². The molecule has 3 heteroatoms. The van der Waals surface area contributed by atoms with E-state index >= 15 is 0 Å². The maximum absolute atomic E-state index is 2.61. The molecule has 3 nitrogen and oxygen atoms in total. The van der Waals surface area contributed by atoms with Crippen molar-refractivity contribution < 1.29 is 0 Å². The van der Waals surface area contributed by atoms with Gasteiger partial charge in [-0.25, -0.2) is 0 Å². The third kappa shape index (κ3) is 3.57. The topological polar surface area (TPSA) is 14.3 Å². The Morgan fingerprint density at radius 2 is 1.08 bits per heavy atom. The molecule has 238 valence electrons. The fourth-order valence-corrected chi connectivity index (χ4v) is 9.29. The Hall–Kier alpha value is -6.58. The predicted octanol–water partition coefficient (Wildman–Crippen LogP) is 12.8. The fraction of sp³-hybridized carbons (Fsp3) is 0.0417. The largest absolute Gasteiger partial charge is 0.312 e. The van der Waals surface area contributed by atoms with E-state index in [2.05, 4.69) is 177 Å². The second kappa shape index (κ2) is 9.99. The predicted molar refractivity (Wildman–Crippen MR) is 217 cm³/mol. The molecule has 0 N–H and O–H groups in total. The van der Waals surface area contributed by atoms with Crippen LogP contribution in [0.15, 0.2) is 152 Å². The van der Waals surface area contributed by atoms with Crippen LogP contribution in [-0.4, -0.2) is 13.5 Å². The van der Waals surface area contributed by atoms with Crippen molar-refractivity contribution >= 4 is 99.4 Å². The Labute approximate surface area is 293 Å². The number of hydrogen-bond acceptors (Lipinski definition) is 0. The van der Waals surface area contributed by atoms with Crippen molar-refractivity contribution in [2.75, 3.05) is 0 Å². The molecule has 7 aromatic carbocycles. The number of hydrogen-bond donors (Lipinski definition) is 0. The first-order valence-electron chi connectivity index (χ1n) is 17.9. The van der Waals surface area contributed by atoms with Crippen LogP contribution in [0.25, 0.3) is 105 Å². The van der Waals surface area contributed by atoms with E-state index in [1.165, 1.54) is 104 Å². The molecule has 0 atom stereocenters. The summed E-state index contributed by atoms with van der Waals surface area (Å²) in [6, 6.07) is 53.7. The van der Waals surface area contributed by atoms with Crippen LogP contribution >= 0.6 is 0 Å². The molecule has 0 bridgehead atoms. The lowest BCUT2D eigenvalue weighted by molar-refractivity contribution is 0.997. The summed E-state index contributed by atoms with van der Waals surface area (Å²) in [6.07, 6.45) is 9.09. The van der Waals surface area contributed by atoms with Gasteiger partial charge < -0.3 is 13.5 Å². The van der Waals surface area contributed by atoms with Crippen molar-refractivity contribution in [3.8, 4) is 5.69 Å². The maximum Gasteiger partial charge on any atom is 0.0642 e. The minimum atomic E-state index is 0.930. The minimum absolute atomic E-state index is 0.930. The number of benzene rings is 7. The molecule has 1 aliphatic rings. The summed E-state index contributed by atoms with van der Waals surface area (Å²) in [5.41, 5.74) is 12.6. The highest BCUT2D eigenvalue weighted by atomic mass is 15.0. The van der Waals surface area contributed by atoms with E-state index in [0.29, 0.717) is 0 Å². The first-order chi connectivity index (χ1) is 25.3. The highest BCUT2D eigenvalue weighted by Gasteiger charge is 2.26. The SMILES string of the molecule is C1=Cc2c(c3ccccc3n2-c2ccccc2)/C=C(/n2c3ccccc3c3cc4c5ccccc5n5c6cc7ccccc7cc6c(c32)c45)CC1. The van der Waals surface area contributed by atoms with E-state index in [9.17, 15) is 0 Å². The first kappa shape index (κ1) is 27.3. The van der Waals surface area contributed by atoms with Crippen LogP contribution in [0.4, 0.5) is 0 Å². The molecular formula is C48H31N3. The Morgan fingerprint density at radius 1 is 0.451 bits per heavy atom. The molecule has 0 spiro atoms. The number of rotatable bonds is 2. The zero-order valence-electron chi connectivity index (χ0n) is 27.8. The van der Waals surface area contributed by atoms with Gasteiger partial charge in [0.25, 0.3) is 0 Å². The summed E-state index contributed by atoms with van der Waals surface area (Å²) in [7, 11) is 0. The van der Waals surface area contributed by atoms with Crippen molar-refractivity contribution in [3.05, 3.63) is 163 Å². The van der Waals surface area contributed by atoms with Crippen LogP contribution in [0, 0.1) is 0 Å². The summed E-state index contributed by atoms with van der Waals surface area (Å²) in [4.78, 5) is 0. The van der Waals surface area contributed by atoms with Crippen LogP contribution in [0.3, 0.4) is 0 Å². The number of fused-ring (bicyclic) bond motifs is 14. The van der Waals surface area contributed by atoms with Crippen molar-refractivity contribution in [1.29, 1.82) is 0 Å². The van der Waals surface area contributed by atoms with Gasteiger partial charge in [0.2, 0.25) is 0 Å². The third-order valence-electron chi connectivity index (χ3n) is 11.4. The molecule has 51 heavy (non-hydrogen) atoms. The van der Waals surface area contributed by atoms with Gasteiger partial charge in [0.05, 0.1) is 38.8 Å². The Kier molecular flexibility index (Phi) is 5.34. The molecule has 0 aliphatic heterocycles. The van der Waals surface area contributed by atoms with Gasteiger partial charge in [0, 0.05) is 54.7 Å². The average molecular weight is 650 g/mol. The average Bonchev–Trinajstić information content (AvgIpc) is 3.88. The lowest BCUT2D eigenvalue weighted by Crippen LogP contribution is -2.01. The maximum atomic E-state index is 2.61. The third-order valence-corrected chi connectivity index (χ3v) is 11.4. The summed E-state index contributed by atoms with van der Waals surface area (Å²) < 4.78 is 7.57. The number of para-hydroxylation sites is 4. The quantitative estimate of drug-likeness (QED) is 0.177. The zero-order valence-corrected chi connectivity index (χ0v) is 27.8. The lowest BCUT2D eigenvalue weighted by Gasteiger charge is -2.16. The van der Waals surface area contributed by atoms with Gasteiger partial charge >= 0.3 is 0 Å². The van der Waals surface area contributed by atoms with Crippen molar-refractivity contribution in [2.24, 2.45) is 0 Å². The van der Waals surface area contributed by atoms with Crippen LogP contribution in [0.2, 0.25) is 0 Å². The first-order valence-corrected chi connectivity index (χ1v) is 17.9. The van der Waals surface area contributed by atoms with Gasteiger partial charge in [-0.05, 0) is 84.3 Å². The van der Waals surface area contributed by atoms with Crippen LogP contribution < -0.4 is 0 Å². The van der Waals surface area contributed by atoms with Crippen molar-refractivity contribution in [1.82, 2.24) is 13.5 Å². The molecule has 0 amide bonds. The van der Waals surface area contributed by atoms with E-state index in [4.69, 9.17) is 0 Å². The van der Waals surface area contributed by atoms with Crippen LogP contribution in [-0.2, 0) is 0 Å². The molecule has 0 saturated heterocycles. The smallest absolute Gasteiger partial charge is 0.0642 e. The minimum Gasteiger partial charge on any atom is -0.312 e.